The summed E-state index contributed by atoms with van der Waals surface area (Å²) in [6.07, 6.45) is 3.58. The summed E-state index contributed by atoms with van der Waals surface area (Å²) in [6, 6.07) is 18.7. The van der Waals surface area contributed by atoms with Crippen LogP contribution < -0.4 is 10.6 Å². The molecule has 7 nitrogen and oxygen atoms in total. The van der Waals surface area contributed by atoms with Gasteiger partial charge >= 0.3 is 0 Å². The number of anilines is 4. The molecule has 0 aliphatic heterocycles. The zero-order valence-electron chi connectivity index (χ0n) is 14.7. The van der Waals surface area contributed by atoms with Gasteiger partial charge in [0.2, 0.25) is 5.95 Å². The highest BCUT2D eigenvalue weighted by molar-refractivity contribution is 5.85. The number of nitrogens with one attached hydrogen (secondary N) is 2. The maximum Gasteiger partial charge on any atom is 0.229 e. The maximum atomic E-state index is 8.87. The molecule has 0 radical (unpaired) electrons. The monoisotopic (exact) mass is 366 g/mol. The molecule has 0 bridgehead atoms. The molecular formula is C21H14N6O. The molecule has 0 unspecified atom stereocenters. The van der Waals surface area contributed by atoms with Crippen LogP contribution in [0.3, 0.4) is 0 Å². The highest BCUT2D eigenvalue weighted by atomic mass is 16.3. The summed E-state index contributed by atoms with van der Waals surface area (Å²) in [5.41, 5.74) is 3.78. The molecule has 0 spiro atoms. The Hall–Kier alpha value is -4.36. The normalized spacial score (nSPS) is 10.2. The number of fused-ring (bicyclic) bond motifs is 1. The number of nitriles is 2. The van der Waals surface area contributed by atoms with Gasteiger partial charge in [0.05, 0.1) is 30.4 Å². The molecule has 2 heterocycles. The van der Waals surface area contributed by atoms with Crippen LogP contribution in [-0.2, 0) is 6.42 Å². The topological polar surface area (TPSA) is 111 Å². The molecule has 134 valence electrons. The highest BCUT2D eigenvalue weighted by Crippen LogP contribution is 2.26. The first-order valence-electron chi connectivity index (χ1n) is 8.49. The van der Waals surface area contributed by atoms with Crippen molar-refractivity contribution in [2.75, 3.05) is 10.6 Å². The van der Waals surface area contributed by atoms with Crippen molar-refractivity contribution in [2.24, 2.45) is 0 Å². The third kappa shape index (κ3) is 3.59. The Morgan fingerprint density at radius 1 is 0.964 bits per heavy atom. The maximum absolute atomic E-state index is 8.87. The number of hydrogen-bond donors (Lipinski definition) is 2. The summed E-state index contributed by atoms with van der Waals surface area (Å²) >= 11 is 0. The van der Waals surface area contributed by atoms with E-state index in [1.165, 1.54) is 0 Å². The van der Waals surface area contributed by atoms with Crippen LogP contribution in [0.4, 0.5) is 23.1 Å². The van der Waals surface area contributed by atoms with Crippen molar-refractivity contribution in [3.8, 4) is 12.1 Å². The second-order valence-corrected chi connectivity index (χ2v) is 6.01. The third-order valence-corrected chi connectivity index (χ3v) is 4.12. The summed E-state index contributed by atoms with van der Waals surface area (Å²) in [5.74, 6) is 1.05. The summed E-state index contributed by atoms with van der Waals surface area (Å²) in [7, 11) is 0. The van der Waals surface area contributed by atoms with Gasteiger partial charge in [0.25, 0.3) is 0 Å². The van der Waals surface area contributed by atoms with Gasteiger partial charge in [0.15, 0.2) is 0 Å². The van der Waals surface area contributed by atoms with Gasteiger partial charge < -0.3 is 15.1 Å². The van der Waals surface area contributed by atoms with Crippen molar-refractivity contribution in [1.29, 1.82) is 10.5 Å². The first kappa shape index (κ1) is 17.1. The molecule has 0 fully saturated rings. The van der Waals surface area contributed by atoms with Crippen LogP contribution in [0.5, 0.6) is 0 Å². The number of aromatic nitrogens is 2. The minimum atomic E-state index is 0.316. The van der Waals surface area contributed by atoms with Gasteiger partial charge in [-0.2, -0.15) is 15.5 Å². The standard InChI is InChI=1S/C21H14N6O/c22-9-7-15-13-28-19-11-17(5-6-18(15)19)25-20-8-10-24-21(27-20)26-16-3-1-14(12-23)2-4-16/h1-6,8,10-11,13H,7H2,(H2,24,25,26,27). The van der Waals surface area contributed by atoms with E-state index in [9.17, 15) is 0 Å². The largest absolute Gasteiger partial charge is 0.464 e. The lowest BCUT2D eigenvalue weighted by atomic mass is 10.1. The van der Waals surface area contributed by atoms with Crippen molar-refractivity contribution in [3.05, 3.63) is 72.1 Å². The van der Waals surface area contributed by atoms with Crippen LogP contribution >= 0.6 is 0 Å². The molecule has 0 atom stereocenters. The predicted octanol–water partition coefficient (Wildman–Crippen LogP) is 4.65. The van der Waals surface area contributed by atoms with Gasteiger partial charge in [-0.3, -0.25) is 0 Å². The first-order valence-corrected chi connectivity index (χ1v) is 8.49. The average Bonchev–Trinajstić information content (AvgIpc) is 3.11. The summed E-state index contributed by atoms with van der Waals surface area (Å²) in [5, 5.41) is 25.0. The molecule has 0 saturated carbocycles. The smallest absolute Gasteiger partial charge is 0.229 e. The van der Waals surface area contributed by atoms with Crippen LogP contribution in [0.1, 0.15) is 11.1 Å². The number of furan rings is 1. The molecule has 7 heteroatoms. The Labute approximate surface area is 160 Å². The van der Waals surface area contributed by atoms with Gasteiger partial charge in [-0.1, -0.05) is 0 Å². The number of benzene rings is 2. The molecule has 4 rings (SSSR count). The zero-order chi connectivity index (χ0) is 19.3. The SMILES string of the molecule is N#CCc1coc2cc(Nc3ccnc(Nc4ccc(C#N)cc4)n3)ccc12. The Morgan fingerprint density at radius 3 is 2.57 bits per heavy atom. The number of hydrogen-bond acceptors (Lipinski definition) is 7. The fourth-order valence-corrected chi connectivity index (χ4v) is 2.78. The van der Waals surface area contributed by atoms with E-state index >= 15 is 0 Å². The van der Waals surface area contributed by atoms with E-state index in [-0.39, 0.29) is 0 Å². The van der Waals surface area contributed by atoms with E-state index in [0.717, 1.165) is 22.3 Å². The average molecular weight is 366 g/mol. The minimum absolute atomic E-state index is 0.316. The first-order chi connectivity index (χ1) is 13.7. The van der Waals surface area contributed by atoms with E-state index < -0.39 is 0 Å². The van der Waals surface area contributed by atoms with E-state index in [4.69, 9.17) is 14.9 Å². The predicted molar refractivity (Wildman–Crippen MR) is 105 cm³/mol. The Balaban J connectivity index is 1.52. The molecular weight excluding hydrogens is 352 g/mol. The van der Waals surface area contributed by atoms with Gasteiger partial charge in [0.1, 0.15) is 11.4 Å². The number of nitrogens with zero attached hydrogens (tertiary/aromatic N) is 4. The second-order valence-electron chi connectivity index (χ2n) is 6.01. The van der Waals surface area contributed by atoms with Gasteiger partial charge in [-0.05, 0) is 42.5 Å². The molecule has 4 aromatic rings. The lowest BCUT2D eigenvalue weighted by Crippen LogP contribution is -2.00. The van der Waals surface area contributed by atoms with Crippen LogP contribution in [0.15, 0.2) is 65.4 Å². The molecule has 0 saturated heterocycles. The molecule has 2 N–H and O–H groups in total. The fraction of sp³-hybridized carbons (Fsp3) is 0.0476. The van der Waals surface area contributed by atoms with Gasteiger partial charge in [0, 0.05) is 34.6 Å². The number of rotatable bonds is 5. The third-order valence-electron chi connectivity index (χ3n) is 4.12. The van der Waals surface area contributed by atoms with E-state index in [1.807, 2.05) is 18.2 Å². The molecule has 28 heavy (non-hydrogen) atoms. The highest BCUT2D eigenvalue weighted by Gasteiger charge is 2.07. The summed E-state index contributed by atoms with van der Waals surface area (Å²) < 4.78 is 5.54. The van der Waals surface area contributed by atoms with Crippen LogP contribution in [0.2, 0.25) is 0 Å². The van der Waals surface area contributed by atoms with Gasteiger partial charge in [-0.25, -0.2) is 4.98 Å². The Kier molecular flexibility index (Phi) is 4.56. The minimum Gasteiger partial charge on any atom is -0.464 e. The van der Waals surface area contributed by atoms with E-state index in [1.54, 1.807) is 42.8 Å². The molecule has 0 amide bonds. The van der Waals surface area contributed by atoms with Gasteiger partial charge in [-0.15, -0.1) is 0 Å². The van der Waals surface area contributed by atoms with Crippen molar-refractivity contribution >= 4 is 34.1 Å². The van der Waals surface area contributed by atoms with Crippen LogP contribution in [0, 0.1) is 22.7 Å². The van der Waals surface area contributed by atoms with Crippen molar-refractivity contribution in [3.63, 3.8) is 0 Å². The molecule has 0 aliphatic rings. The Morgan fingerprint density at radius 2 is 1.79 bits per heavy atom. The van der Waals surface area contributed by atoms with E-state index in [2.05, 4.69) is 32.7 Å². The second kappa shape index (κ2) is 7.48. The molecule has 2 aromatic carbocycles. The van der Waals surface area contributed by atoms with Crippen molar-refractivity contribution in [1.82, 2.24) is 9.97 Å². The Bertz CT molecular complexity index is 1210. The van der Waals surface area contributed by atoms with Crippen molar-refractivity contribution < 1.29 is 4.42 Å². The summed E-state index contributed by atoms with van der Waals surface area (Å²) in [4.78, 5) is 8.66. The molecule has 2 aromatic heterocycles. The van der Waals surface area contributed by atoms with Crippen molar-refractivity contribution in [2.45, 2.75) is 6.42 Å². The lowest BCUT2D eigenvalue weighted by molar-refractivity contribution is 0.612. The van der Waals surface area contributed by atoms with Crippen LogP contribution in [-0.4, -0.2) is 9.97 Å². The van der Waals surface area contributed by atoms with Crippen LogP contribution in [0.25, 0.3) is 11.0 Å². The summed E-state index contributed by atoms with van der Waals surface area (Å²) in [6.45, 7) is 0. The molecule has 0 aliphatic carbocycles. The fourth-order valence-electron chi connectivity index (χ4n) is 2.78. The zero-order valence-corrected chi connectivity index (χ0v) is 14.7. The quantitative estimate of drug-likeness (QED) is 0.529. The van der Waals surface area contributed by atoms with E-state index in [0.29, 0.717) is 29.3 Å². The lowest BCUT2D eigenvalue weighted by Gasteiger charge is -2.08.